The van der Waals surface area contributed by atoms with E-state index in [4.69, 9.17) is 9.47 Å². The predicted octanol–water partition coefficient (Wildman–Crippen LogP) is 3.64. The van der Waals surface area contributed by atoms with Crippen molar-refractivity contribution in [2.75, 3.05) is 6.61 Å². The van der Waals surface area contributed by atoms with Crippen LogP contribution in [0.25, 0.3) is 11.1 Å². The third-order valence-corrected chi connectivity index (χ3v) is 4.46. The molecule has 0 bridgehead atoms. The summed E-state index contributed by atoms with van der Waals surface area (Å²) in [4.78, 5) is 15.1. The molecule has 1 aliphatic rings. The van der Waals surface area contributed by atoms with E-state index in [0.717, 1.165) is 12.1 Å². The molecule has 1 aliphatic heterocycles. The molecule has 150 valence electrons. The Bertz CT molecular complexity index is 1120. The summed E-state index contributed by atoms with van der Waals surface area (Å²) in [5.41, 5.74) is -0.315. The molecule has 3 aromatic rings. The molecule has 5 nitrogen and oxygen atoms in total. The number of hydrogen-bond donors (Lipinski definition) is 0. The fourth-order valence-electron chi connectivity index (χ4n) is 3.09. The molecule has 0 saturated carbocycles. The first-order valence-electron chi connectivity index (χ1n) is 8.66. The van der Waals surface area contributed by atoms with Gasteiger partial charge in [-0.3, -0.25) is 9.36 Å². The number of fused-ring (bicyclic) bond motifs is 1. The van der Waals surface area contributed by atoms with E-state index in [1.54, 1.807) is 0 Å². The summed E-state index contributed by atoms with van der Waals surface area (Å²) in [5.74, 6) is -2.86. The molecule has 2 aromatic carbocycles. The molecular weight excluding hydrogens is 392 g/mol. The molecule has 4 rings (SSSR count). The summed E-state index contributed by atoms with van der Waals surface area (Å²) in [6.07, 6.45) is -0.482. The molecule has 1 aromatic heterocycles. The van der Waals surface area contributed by atoms with Crippen LogP contribution in [0.5, 0.6) is 11.8 Å². The van der Waals surface area contributed by atoms with Gasteiger partial charge >= 0.3 is 6.01 Å². The van der Waals surface area contributed by atoms with Crippen molar-refractivity contribution >= 4 is 0 Å². The summed E-state index contributed by atoms with van der Waals surface area (Å²) in [5, 5.41) is 0. The average Bonchev–Trinajstić information content (AvgIpc) is 3.11. The van der Waals surface area contributed by atoms with E-state index in [-0.39, 0.29) is 36.0 Å². The maximum absolute atomic E-state index is 13.9. The molecule has 0 fully saturated rings. The highest BCUT2D eigenvalue weighted by molar-refractivity contribution is 5.65. The predicted molar refractivity (Wildman–Crippen MR) is 95.0 cm³/mol. The number of hydrogen-bond acceptors (Lipinski definition) is 4. The normalized spacial score (nSPS) is 15.1. The molecule has 0 saturated heterocycles. The zero-order chi connectivity index (χ0) is 20.5. The van der Waals surface area contributed by atoms with Crippen LogP contribution >= 0.6 is 0 Å². The van der Waals surface area contributed by atoms with Gasteiger partial charge in [-0.1, -0.05) is 12.1 Å². The van der Waals surface area contributed by atoms with Crippen molar-refractivity contribution in [2.45, 2.75) is 19.3 Å². The Labute approximate surface area is 162 Å². The summed E-state index contributed by atoms with van der Waals surface area (Å²) >= 11 is 0. The van der Waals surface area contributed by atoms with E-state index >= 15 is 0 Å². The SMILES string of the molecule is O=c1cc(CF)n2c(n1)OC(COc1ccc(-c3cc(F)cc(F)c3F)cc1)C2. The standard InChI is InChI=1S/C20H14F4N2O3/c21-8-13-7-18(27)25-20-26(13)9-15(29-20)10-28-14-3-1-11(2-4-14)16-5-12(22)6-17(23)19(16)24/h1-7,15H,8-10H2. The number of aromatic nitrogens is 2. The van der Waals surface area contributed by atoms with Gasteiger partial charge in [0.25, 0.3) is 5.56 Å². The molecule has 0 N–H and O–H groups in total. The lowest BCUT2D eigenvalue weighted by atomic mass is 10.0. The Kier molecular flexibility index (Phi) is 4.96. The van der Waals surface area contributed by atoms with Gasteiger partial charge in [-0.2, -0.15) is 4.98 Å². The smallest absolute Gasteiger partial charge is 0.300 e. The van der Waals surface area contributed by atoms with E-state index < -0.39 is 35.8 Å². The lowest BCUT2D eigenvalue weighted by Crippen LogP contribution is -2.23. The van der Waals surface area contributed by atoms with Gasteiger partial charge in [-0.05, 0) is 23.8 Å². The minimum Gasteiger partial charge on any atom is -0.490 e. The van der Waals surface area contributed by atoms with Gasteiger partial charge in [0.15, 0.2) is 17.7 Å². The van der Waals surface area contributed by atoms with Crippen molar-refractivity contribution in [3.05, 3.63) is 76.0 Å². The van der Waals surface area contributed by atoms with Crippen LogP contribution in [0.15, 0.2) is 47.3 Å². The summed E-state index contributed by atoms with van der Waals surface area (Å²) in [6.45, 7) is -0.459. The number of alkyl halides is 1. The molecule has 0 aliphatic carbocycles. The van der Waals surface area contributed by atoms with Crippen LogP contribution in [0.3, 0.4) is 0 Å². The number of nitrogens with zero attached hydrogens (tertiary/aromatic N) is 2. The van der Waals surface area contributed by atoms with E-state index in [9.17, 15) is 22.4 Å². The Morgan fingerprint density at radius 3 is 2.62 bits per heavy atom. The van der Waals surface area contributed by atoms with Crippen molar-refractivity contribution in [2.24, 2.45) is 0 Å². The maximum Gasteiger partial charge on any atom is 0.300 e. The average molecular weight is 406 g/mol. The van der Waals surface area contributed by atoms with Crippen molar-refractivity contribution < 1.29 is 27.0 Å². The molecule has 0 amide bonds. The maximum atomic E-state index is 13.9. The van der Waals surface area contributed by atoms with Crippen LogP contribution in [0.4, 0.5) is 17.6 Å². The number of benzene rings is 2. The van der Waals surface area contributed by atoms with Crippen LogP contribution < -0.4 is 15.0 Å². The minimum absolute atomic E-state index is 0.0395. The van der Waals surface area contributed by atoms with Crippen LogP contribution in [0.2, 0.25) is 0 Å². The molecule has 2 heterocycles. The Hall–Kier alpha value is -3.36. The quantitative estimate of drug-likeness (QED) is 0.480. The topological polar surface area (TPSA) is 53.4 Å². The molecule has 0 radical (unpaired) electrons. The lowest BCUT2D eigenvalue weighted by molar-refractivity contribution is 0.143. The van der Waals surface area contributed by atoms with Gasteiger partial charge < -0.3 is 9.47 Å². The first kappa shape index (κ1) is 19.0. The second kappa shape index (κ2) is 7.57. The van der Waals surface area contributed by atoms with Crippen molar-refractivity contribution in [3.63, 3.8) is 0 Å². The highest BCUT2D eigenvalue weighted by Crippen LogP contribution is 2.28. The van der Waals surface area contributed by atoms with Gasteiger partial charge in [0.05, 0.1) is 12.2 Å². The highest BCUT2D eigenvalue weighted by Gasteiger charge is 2.26. The molecule has 1 atom stereocenters. The Morgan fingerprint density at radius 2 is 1.90 bits per heavy atom. The van der Waals surface area contributed by atoms with Crippen LogP contribution in [-0.4, -0.2) is 22.3 Å². The monoisotopic (exact) mass is 406 g/mol. The molecule has 0 spiro atoms. The Balaban J connectivity index is 1.44. The van der Waals surface area contributed by atoms with Crippen molar-refractivity contribution in [1.82, 2.24) is 9.55 Å². The third kappa shape index (κ3) is 3.80. The first-order chi connectivity index (χ1) is 13.9. The third-order valence-electron chi connectivity index (χ3n) is 4.46. The van der Waals surface area contributed by atoms with Crippen LogP contribution in [-0.2, 0) is 13.2 Å². The number of ether oxygens (including phenoxy) is 2. The fourth-order valence-corrected chi connectivity index (χ4v) is 3.09. The first-order valence-corrected chi connectivity index (χ1v) is 8.66. The minimum atomic E-state index is -1.27. The highest BCUT2D eigenvalue weighted by atomic mass is 19.2. The summed E-state index contributed by atoms with van der Waals surface area (Å²) in [6, 6.07) is 8.53. The molecular formula is C20H14F4N2O3. The Morgan fingerprint density at radius 1 is 1.14 bits per heavy atom. The van der Waals surface area contributed by atoms with Crippen molar-refractivity contribution in [3.8, 4) is 22.9 Å². The molecule has 1 unspecified atom stereocenters. The fraction of sp³-hybridized carbons (Fsp3) is 0.200. The largest absolute Gasteiger partial charge is 0.490 e. The lowest BCUT2D eigenvalue weighted by Gasteiger charge is -2.12. The van der Waals surface area contributed by atoms with Gasteiger partial charge in [-0.25, -0.2) is 17.6 Å². The summed E-state index contributed by atoms with van der Waals surface area (Å²) in [7, 11) is 0. The van der Waals surface area contributed by atoms with E-state index in [1.165, 1.54) is 28.8 Å². The van der Waals surface area contributed by atoms with Gasteiger partial charge in [0, 0.05) is 17.7 Å². The van der Waals surface area contributed by atoms with E-state index in [0.29, 0.717) is 11.8 Å². The summed E-state index contributed by atoms with van der Waals surface area (Å²) < 4.78 is 66.3. The van der Waals surface area contributed by atoms with Crippen LogP contribution in [0, 0.1) is 17.5 Å². The second-order valence-electron chi connectivity index (χ2n) is 6.44. The van der Waals surface area contributed by atoms with E-state index in [2.05, 4.69) is 4.98 Å². The van der Waals surface area contributed by atoms with Gasteiger partial charge in [-0.15, -0.1) is 0 Å². The number of halogens is 4. The van der Waals surface area contributed by atoms with Gasteiger partial charge in [0.1, 0.15) is 24.8 Å². The zero-order valence-corrected chi connectivity index (χ0v) is 14.9. The van der Waals surface area contributed by atoms with E-state index in [1.807, 2.05) is 0 Å². The number of rotatable bonds is 5. The second-order valence-corrected chi connectivity index (χ2v) is 6.44. The van der Waals surface area contributed by atoms with Crippen molar-refractivity contribution in [1.29, 1.82) is 0 Å². The van der Waals surface area contributed by atoms with Gasteiger partial charge in [0.2, 0.25) is 0 Å². The zero-order valence-electron chi connectivity index (χ0n) is 14.9. The molecule has 9 heteroatoms. The molecule has 29 heavy (non-hydrogen) atoms. The van der Waals surface area contributed by atoms with Crippen LogP contribution in [0.1, 0.15) is 5.69 Å².